The molecule has 0 amide bonds. The molecule has 0 saturated carbocycles. The average Bonchev–Trinajstić information content (AvgIpc) is 2.76. The van der Waals surface area contributed by atoms with E-state index in [1.54, 1.807) is 19.3 Å². The van der Waals surface area contributed by atoms with E-state index in [0.29, 0.717) is 30.7 Å². The van der Waals surface area contributed by atoms with Gasteiger partial charge in [-0.05, 0) is 24.5 Å². The Labute approximate surface area is 112 Å². The first-order valence-electron chi connectivity index (χ1n) is 6.38. The number of Topliss-reactive ketones (excluding diaryl/α,β-unsaturated/α-hetero) is 1. The molecule has 102 valence electrons. The molecule has 0 radical (unpaired) electrons. The van der Waals surface area contributed by atoms with Gasteiger partial charge in [-0.25, -0.2) is 0 Å². The number of aliphatic imine (C=N–C) groups is 1. The fourth-order valence-corrected chi connectivity index (χ4v) is 2.38. The fourth-order valence-electron chi connectivity index (χ4n) is 2.38. The van der Waals surface area contributed by atoms with Crippen LogP contribution in [0.25, 0.3) is 0 Å². The molecule has 0 aliphatic heterocycles. The number of hydrogen-bond donors (Lipinski definition) is 1. The SMILES string of the molecule is CC(=NCc1ccco1)C1=C(O)CC(C)(C)CC1=O. The first-order valence-corrected chi connectivity index (χ1v) is 6.38. The zero-order valence-electron chi connectivity index (χ0n) is 11.6. The fraction of sp³-hybridized carbons (Fsp3) is 0.467. The van der Waals surface area contributed by atoms with Crippen molar-refractivity contribution in [1.82, 2.24) is 0 Å². The molecule has 4 heteroatoms. The molecule has 0 bridgehead atoms. The van der Waals surface area contributed by atoms with E-state index in [1.807, 2.05) is 19.9 Å². The summed E-state index contributed by atoms with van der Waals surface area (Å²) < 4.78 is 5.19. The Hall–Kier alpha value is -1.84. The second kappa shape index (κ2) is 5.03. The highest BCUT2D eigenvalue weighted by Gasteiger charge is 2.33. The van der Waals surface area contributed by atoms with E-state index < -0.39 is 0 Å². The summed E-state index contributed by atoms with van der Waals surface area (Å²) >= 11 is 0. The molecule has 4 nitrogen and oxygen atoms in total. The molecule has 1 heterocycles. The maximum absolute atomic E-state index is 12.1. The molecule has 1 aliphatic rings. The quantitative estimate of drug-likeness (QED) is 0.848. The van der Waals surface area contributed by atoms with E-state index in [0.717, 1.165) is 5.76 Å². The number of carbonyl (C=O) groups excluding carboxylic acids is 1. The zero-order chi connectivity index (χ0) is 14.0. The highest BCUT2D eigenvalue weighted by Crippen LogP contribution is 2.36. The van der Waals surface area contributed by atoms with Crippen molar-refractivity contribution in [3.8, 4) is 0 Å². The minimum atomic E-state index is -0.175. The highest BCUT2D eigenvalue weighted by molar-refractivity contribution is 6.22. The van der Waals surface area contributed by atoms with Gasteiger partial charge in [0, 0.05) is 18.6 Å². The number of ketones is 1. The molecule has 0 saturated heterocycles. The molecular formula is C15H19NO3. The second-order valence-electron chi connectivity index (χ2n) is 5.74. The lowest BCUT2D eigenvalue weighted by Crippen LogP contribution is -2.28. The third kappa shape index (κ3) is 3.13. The number of hydrogen-bond acceptors (Lipinski definition) is 4. The molecule has 1 aromatic heterocycles. The van der Waals surface area contributed by atoms with Crippen molar-refractivity contribution < 1.29 is 14.3 Å². The Morgan fingerprint density at radius 2 is 2.21 bits per heavy atom. The molecule has 1 aromatic rings. The van der Waals surface area contributed by atoms with Crippen LogP contribution >= 0.6 is 0 Å². The van der Waals surface area contributed by atoms with E-state index in [1.165, 1.54) is 0 Å². The molecule has 1 N–H and O–H groups in total. The van der Waals surface area contributed by atoms with Crippen LogP contribution in [0.4, 0.5) is 0 Å². The number of aliphatic hydroxyl groups excluding tert-OH is 1. The Morgan fingerprint density at radius 3 is 2.79 bits per heavy atom. The molecule has 0 fully saturated rings. The summed E-state index contributed by atoms with van der Waals surface area (Å²) in [6.45, 7) is 6.09. The standard InChI is InChI=1S/C15H19NO3/c1-10(16-9-11-5-4-6-19-11)14-12(17)7-15(2,3)8-13(14)18/h4-6,17H,7-9H2,1-3H3. The molecule has 0 spiro atoms. The van der Waals surface area contributed by atoms with Crippen LogP contribution in [0.2, 0.25) is 0 Å². The van der Waals surface area contributed by atoms with Crippen LogP contribution in [0.1, 0.15) is 39.4 Å². The van der Waals surface area contributed by atoms with Crippen LogP contribution in [0, 0.1) is 5.41 Å². The first-order chi connectivity index (χ1) is 8.89. The van der Waals surface area contributed by atoms with Crippen LogP contribution in [0.5, 0.6) is 0 Å². The van der Waals surface area contributed by atoms with Gasteiger partial charge in [0.1, 0.15) is 11.5 Å². The lowest BCUT2D eigenvalue weighted by molar-refractivity contribution is -0.117. The van der Waals surface area contributed by atoms with Gasteiger partial charge in [0.2, 0.25) is 0 Å². The van der Waals surface area contributed by atoms with Gasteiger partial charge in [0.05, 0.1) is 18.4 Å². The van der Waals surface area contributed by atoms with Crippen molar-refractivity contribution in [2.24, 2.45) is 10.4 Å². The van der Waals surface area contributed by atoms with Crippen LogP contribution in [-0.4, -0.2) is 16.6 Å². The second-order valence-corrected chi connectivity index (χ2v) is 5.74. The van der Waals surface area contributed by atoms with Gasteiger partial charge in [0.25, 0.3) is 0 Å². The summed E-state index contributed by atoms with van der Waals surface area (Å²) in [6.07, 6.45) is 2.55. The maximum atomic E-state index is 12.1. The van der Waals surface area contributed by atoms with Gasteiger partial charge in [0.15, 0.2) is 5.78 Å². The number of aliphatic hydroxyl groups is 1. The lowest BCUT2D eigenvalue weighted by atomic mass is 9.76. The van der Waals surface area contributed by atoms with E-state index >= 15 is 0 Å². The summed E-state index contributed by atoms with van der Waals surface area (Å²) in [5, 5.41) is 10.1. The number of rotatable bonds is 3. The van der Waals surface area contributed by atoms with Gasteiger partial charge < -0.3 is 9.52 Å². The number of nitrogens with zero attached hydrogens (tertiary/aromatic N) is 1. The van der Waals surface area contributed by atoms with Gasteiger partial charge in [-0.15, -0.1) is 0 Å². The largest absolute Gasteiger partial charge is 0.511 e. The predicted octanol–water partition coefficient (Wildman–Crippen LogP) is 3.44. The van der Waals surface area contributed by atoms with E-state index in [9.17, 15) is 9.90 Å². The van der Waals surface area contributed by atoms with Gasteiger partial charge in [-0.2, -0.15) is 0 Å². The van der Waals surface area contributed by atoms with Crippen molar-refractivity contribution >= 4 is 11.5 Å². The summed E-state index contributed by atoms with van der Waals surface area (Å²) in [4.78, 5) is 16.4. The molecule has 19 heavy (non-hydrogen) atoms. The number of allylic oxidation sites excluding steroid dienone is 2. The van der Waals surface area contributed by atoms with Gasteiger partial charge in [-0.3, -0.25) is 9.79 Å². The van der Waals surface area contributed by atoms with Gasteiger partial charge in [-0.1, -0.05) is 13.8 Å². The van der Waals surface area contributed by atoms with Crippen molar-refractivity contribution in [3.63, 3.8) is 0 Å². The topological polar surface area (TPSA) is 62.8 Å². The predicted molar refractivity (Wildman–Crippen MR) is 73.2 cm³/mol. The molecular weight excluding hydrogens is 242 g/mol. The van der Waals surface area contributed by atoms with Crippen LogP contribution in [0.15, 0.2) is 39.1 Å². The third-order valence-electron chi connectivity index (χ3n) is 3.27. The highest BCUT2D eigenvalue weighted by atomic mass is 16.3. The maximum Gasteiger partial charge on any atom is 0.168 e. The molecule has 2 rings (SSSR count). The average molecular weight is 261 g/mol. The summed E-state index contributed by atoms with van der Waals surface area (Å²) in [6, 6.07) is 3.63. The molecule has 0 unspecified atom stereocenters. The monoisotopic (exact) mass is 261 g/mol. The zero-order valence-corrected chi connectivity index (χ0v) is 11.6. The molecule has 1 aliphatic carbocycles. The van der Waals surface area contributed by atoms with Gasteiger partial charge >= 0.3 is 0 Å². The van der Waals surface area contributed by atoms with Crippen molar-refractivity contribution in [2.45, 2.75) is 40.2 Å². The number of carbonyl (C=O) groups is 1. The first kappa shape index (κ1) is 13.6. The summed E-state index contributed by atoms with van der Waals surface area (Å²) in [7, 11) is 0. The molecule has 0 atom stereocenters. The summed E-state index contributed by atoms with van der Waals surface area (Å²) in [5.41, 5.74) is 0.784. The van der Waals surface area contributed by atoms with Crippen LogP contribution < -0.4 is 0 Å². The Bertz CT molecular complexity index is 536. The molecule has 0 aromatic carbocycles. The third-order valence-corrected chi connectivity index (χ3v) is 3.27. The van der Waals surface area contributed by atoms with Crippen LogP contribution in [0.3, 0.4) is 0 Å². The van der Waals surface area contributed by atoms with E-state index in [4.69, 9.17) is 4.42 Å². The number of furan rings is 1. The minimum absolute atomic E-state index is 0.0329. The van der Waals surface area contributed by atoms with Crippen molar-refractivity contribution in [3.05, 3.63) is 35.5 Å². The minimum Gasteiger partial charge on any atom is -0.511 e. The Balaban J connectivity index is 2.20. The van der Waals surface area contributed by atoms with Crippen molar-refractivity contribution in [2.75, 3.05) is 0 Å². The lowest BCUT2D eigenvalue weighted by Gasteiger charge is -2.29. The van der Waals surface area contributed by atoms with E-state index in [-0.39, 0.29) is 17.0 Å². The summed E-state index contributed by atoms with van der Waals surface area (Å²) in [5.74, 6) is 0.861. The smallest absolute Gasteiger partial charge is 0.168 e. The normalized spacial score (nSPS) is 19.9. The van der Waals surface area contributed by atoms with Crippen molar-refractivity contribution in [1.29, 1.82) is 0 Å². The van der Waals surface area contributed by atoms with E-state index in [2.05, 4.69) is 4.99 Å². The Kier molecular flexibility index (Phi) is 3.60. The Morgan fingerprint density at radius 1 is 1.47 bits per heavy atom. The van der Waals surface area contributed by atoms with Crippen LogP contribution in [-0.2, 0) is 11.3 Å².